The van der Waals surface area contributed by atoms with Crippen molar-refractivity contribution >= 4 is 5.91 Å². The molecule has 4 heteroatoms. The van der Waals surface area contributed by atoms with Crippen LogP contribution >= 0.6 is 0 Å². The van der Waals surface area contributed by atoms with Crippen molar-refractivity contribution in [3.63, 3.8) is 0 Å². The van der Waals surface area contributed by atoms with Crippen LogP contribution < -0.4 is 15.8 Å². The Balaban J connectivity index is 2.66. The Hall–Kier alpha value is -1.55. The Morgan fingerprint density at radius 1 is 1.33 bits per heavy atom. The monoisotopic (exact) mass is 250 g/mol. The molecular weight excluding hydrogens is 228 g/mol. The minimum atomic E-state index is -0.115. The van der Waals surface area contributed by atoms with Crippen molar-refractivity contribution in [2.45, 2.75) is 27.2 Å². The van der Waals surface area contributed by atoms with Crippen LogP contribution in [-0.4, -0.2) is 25.6 Å². The highest BCUT2D eigenvalue weighted by atomic mass is 16.5. The summed E-state index contributed by atoms with van der Waals surface area (Å²) >= 11 is 0. The van der Waals surface area contributed by atoms with Crippen LogP contribution in [0.1, 0.15) is 23.6 Å². The van der Waals surface area contributed by atoms with E-state index in [9.17, 15) is 4.79 Å². The fourth-order valence-electron chi connectivity index (χ4n) is 1.84. The number of hydrogen-bond acceptors (Lipinski definition) is 3. The summed E-state index contributed by atoms with van der Waals surface area (Å²) in [5, 5.41) is 2.77. The van der Waals surface area contributed by atoms with E-state index in [1.54, 1.807) is 0 Å². The maximum absolute atomic E-state index is 11.0. The number of ether oxygens (including phenoxy) is 1. The van der Waals surface area contributed by atoms with Crippen molar-refractivity contribution in [3.8, 4) is 5.75 Å². The van der Waals surface area contributed by atoms with Crippen LogP contribution in [0.5, 0.6) is 5.75 Å². The first-order valence-electron chi connectivity index (χ1n) is 6.28. The first-order valence-corrected chi connectivity index (χ1v) is 6.28. The standard InChI is InChI=1S/C14H22N2O2/c1-4-18-13-8-10(2)12(7-11(13)3)5-6-16-14(17)9-15/h7-8H,4-6,9,15H2,1-3H3,(H,16,17). The van der Waals surface area contributed by atoms with Gasteiger partial charge in [-0.25, -0.2) is 0 Å². The first kappa shape index (κ1) is 14.5. The van der Waals surface area contributed by atoms with E-state index in [4.69, 9.17) is 10.5 Å². The predicted molar refractivity (Wildman–Crippen MR) is 72.9 cm³/mol. The van der Waals surface area contributed by atoms with Crippen LogP contribution in [0.4, 0.5) is 0 Å². The molecule has 1 aromatic carbocycles. The summed E-state index contributed by atoms with van der Waals surface area (Å²) in [6.07, 6.45) is 0.810. The third-order valence-electron chi connectivity index (χ3n) is 2.84. The lowest BCUT2D eigenvalue weighted by atomic mass is 10.0. The molecule has 1 aromatic rings. The van der Waals surface area contributed by atoms with Gasteiger partial charge in [0.05, 0.1) is 13.2 Å². The molecule has 0 aliphatic carbocycles. The molecule has 0 atom stereocenters. The number of nitrogens with two attached hydrogens (primary N) is 1. The van der Waals surface area contributed by atoms with Crippen molar-refractivity contribution in [2.24, 2.45) is 5.73 Å². The Bertz CT molecular complexity index is 417. The van der Waals surface area contributed by atoms with Crippen molar-refractivity contribution in [1.29, 1.82) is 0 Å². The number of aryl methyl sites for hydroxylation is 2. The number of benzene rings is 1. The number of carbonyl (C=O) groups is 1. The van der Waals surface area contributed by atoms with Gasteiger partial charge < -0.3 is 15.8 Å². The molecule has 18 heavy (non-hydrogen) atoms. The maximum Gasteiger partial charge on any atom is 0.233 e. The van der Waals surface area contributed by atoms with Crippen LogP contribution in [0.3, 0.4) is 0 Å². The molecule has 4 nitrogen and oxygen atoms in total. The van der Waals surface area contributed by atoms with E-state index >= 15 is 0 Å². The van der Waals surface area contributed by atoms with E-state index < -0.39 is 0 Å². The molecule has 0 saturated carbocycles. The summed E-state index contributed by atoms with van der Waals surface area (Å²) < 4.78 is 5.55. The first-order chi connectivity index (χ1) is 8.58. The summed E-state index contributed by atoms with van der Waals surface area (Å²) in [5.41, 5.74) is 8.77. The minimum absolute atomic E-state index is 0.0429. The second-order valence-electron chi connectivity index (χ2n) is 4.28. The topological polar surface area (TPSA) is 64.3 Å². The van der Waals surface area contributed by atoms with Gasteiger partial charge in [-0.15, -0.1) is 0 Å². The molecule has 1 amide bonds. The van der Waals surface area contributed by atoms with Crippen LogP contribution in [0.25, 0.3) is 0 Å². The van der Waals surface area contributed by atoms with Crippen molar-refractivity contribution in [3.05, 3.63) is 28.8 Å². The zero-order valence-electron chi connectivity index (χ0n) is 11.4. The van der Waals surface area contributed by atoms with Crippen molar-refractivity contribution in [2.75, 3.05) is 19.7 Å². The second-order valence-corrected chi connectivity index (χ2v) is 4.28. The Morgan fingerprint density at radius 3 is 2.67 bits per heavy atom. The van der Waals surface area contributed by atoms with Gasteiger partial charge in [0.1, 0.15) is 5.75 Å². The maximum atomic E-state index is 11.0. The summed E-state index contributed by atoms with van der Waals surface area (Å²) in [4.78, 5) is 11.0. The van der Waals surface area contributed by atoms with Crippen LogP contribution in [0.2, 0.25) is 0 Å². The molecule has 0 aliphatic heterocycles. The SMILES string of the molecule is CCOc1cc(C)c(CCNC(=O)CN)cc1C. The number of amides is 1. The van der Waals surface area contributed by atoms with Crippen LogP contribution in [0, 0.1) is 13.8 Å². The number of hydrogen-bond donors (Lipinski definition) is 2. The van der Waals surface area contributed by atoms with Gasteiger partial charge in [-0.05, 0) is 49.9 Å². The average Bonchev–Trinajstić information content (AvgIpc) is 2.35. The molecule has 0 unspecified atom stereocenters. The fourth-order valence-corrected chi connectivity index (χ4v) is 1.84. The van der Waals surface area contributed by atoms with Gasteiger partial charge >= 0.3 is 0 Å². The molecule has 0 fully saturated rings. The predicted octanol–water partition coefficient (Wildman–Crippen LogP) is 1.32. The van der Waals surface area contributed by atoms with Crippen LogP contribution in [0.15, 0.2) is 12.1 Å². The summed E-state index contributed by atoms with van der Waals surface area (Å²) in [5.74, 6) is 0.819. The highest BCUT2D eigenvalue weighted by Crippen LogP contribution is 2.23. The van der Waals surface area contributed by atoms with Gasteiger partial charge in [0, 0.05) is 6.54 Å². The molecule has 1 rings (SSSR count). The minimum Gasteiger partial charge on any atom is -0.494 e. The molecule has 0 aliphatic rings. The van der Waals surface area contributed by atoms with E-state index in [1.165, 1.54) is 11.1 Å². The summed E-state index contributed by atoms with van der Waals surface area (Å²) in [6, 6.07) is 4.17. The molecule has 0 radical (unpaired) electrons. The lowest BCUT2D eigenvalue weighted by molar-refractivity contribution is -0.119. The number of carbonyl (C=O) groups excluding carboxylic acids is 1. The molecule has 100 valence electrons. The second kappa shape index (κ2) is 7.01. The van der Waals surface area contributed by atoms with Gasteiger partial charge in [-0.2, -0.15) is 0 Å². The normalized spacial score (nSPS) is 10.2. The van der Waals surface area contributed by atoms with E-state index in [2.05, 4.69) is 24.4 Å². The Labute approximate surface area is 109 Å². The lowest BCUT2D eigenvalue weighted by Gasteiger charge is -2.12. The average molecular weight is 250 g/mol. The zero-order valence-corrected chi connectivity index (χ0v) is 11.4. The largest absolute Gasteiger partial charge is 0.494 e. The van der Waals surface area contributed by atoms with Crippen LogP contribution in [-0.2, 0) is 11.2 Å². The highest BCUT2D eigenvalue weighted by Gasteiger charge is 2.05. The fraction of sp³-hybridized carbons (Fsp3) is 0.500. The van der Waals surface area contributed by atoms with E-state index in [0.29, 0.717) is 13.2 Å². The lowest BCUT2D eigenvalue weighted by Crippen LogP contribution is -2.31. The van der Waals surface area contributed by atoms with Gasteiger partial charge in [0.2, 0.25) is 5.91 Å². The van der Waals surface area contributed by atoms with Crippen molar-refractivity contribution < 1.29 is 9.53 Å². The summed E-state index contributed by atoms with van der Waals surface area (Å²) in [6.45, 7) is 7.40. The molecule has 3 N–H and O–H groups in total. The third-order valence-corrected chi connectivity index (χ3v) is 2.84. The van der Waals surface area contributed by atoms with Gasteiger partial charge in [-0.3, -0.25) is 4.79 Å². The molecule has 0 spiro atoms. The van der Waals surface area contributed by atoms with Gasteiger partial charge in [0.15, 0.2) is 0 Å². The van der Waals surface area contributed by atoms with E-state index in [0.717, 1.165) is 17.7 Å². The molecule has 0 bridgehead atoms. The third kappa shape index (κ3) is 4.04. The number of nitrogens with one attached hydrogen (secondary N) is 1. The Kier molecular flexibility index (Phi) is 5.65. The van der Waals surface area contributed by atoms with Gasteiger partial charge in [-0.1, -0.05) is 6.07 Å². The van der Waals surface area contributed by atoms with E-state index in [1.807, 2.05) is 13.8 Å². The highest BCUT2D eigenvalue weighted by molar-refractivity contribution is 5.77. The molecular formula is C14H22N2O2. The molecule has 0 saturated heterocycles. The van der Waals surface area contributed by atoms with E-state index in [-0.39, 0.29) is 12.5 Å². The summed E-state index contributed by atoms with van der Waals surface area (Å²) in [7, 11) is 0. The quantitative estimate of drug-likeness (QED) is 0.800. The smallest absolute Gasteiger partial charge is 0.233 e. The Morgan fingerprint density at radius 2 is 2.06 bits per heavy atom. The zero-order chi connectivity index (χ0) is 13.5. The number of rotatable bonds is 6. The van der Waals surface area contributed by atoms with Crippen molar-refractivity contribution in [1.82, 2.24) is 5.32 Å². The molecule has 0 heterocycles. The van der Waals surface area contributed by atoms with Gasteiger partial charge in [0.25, 0.3) is 0 Å². The molecule has 0 aromatic heterocycles.